The highest BCUT2D eigenvalue weighted by atomic mass is 16.2. The van der Waals surface area contributed by atoms with Crippen LogP contribution in [0.25, 0.3) is 0 Å². The molecule has 1 amide bonds. The molecule has 6 nitrogen and oxygen atoms in total. The number of guanidine groups is 1. The molecule has 21 heavy (non-hydrogen) atoms. The van der Waals surface area contributed by atoms with Crippen LogP contribution in [0.5, 0.6) is 0 Å². The summed E-state index contributed by atoms with van der Waals surface area (Å²) in [6.07, 6.45) is 4.72. The average Bonchev–Trinajstić information content (AvgIpc) is 3.35. The Kier molecular flexibility index (Phi) is 5.99. The van der Waals surface area contributed by atoms with Gasteiger partial charge in [-0.15, -0.1) is 0 Å². The number of nitrogens with one attached hydrogen (secondary N) is 3. The summed E-state index contributed by atoms with van der Waals surface area (Å²) < 4.78 is 0. The molecule has 0 aliphatic heterocycles. The van der Waals surface area contributed by atoms with Gasteiger partial charge in [0.05, 0.1) is 0 Å². The smallest absolute Gasteiger partial charge is 0.223 e. The quantitative estimate of drug-likeness (QED) is 0.384. The van der Waals surface area contributed by atoms with Crippen molar-refractivity contribution in [1.82, 2.24) is 20.9 Å². The van der Waals surface area contributed by atoms with Crippen LogP contribution in [-0.2, 0) is 11.2 Å². The minimum atomic E-state index is 0.176. The molecule has 1 aromatic heterocycles. The summed E-state index contributed by atoms with van der Waals surface area (Å²) in [6.45, 7) is 2.06. The third kappa shape index (κ3) is 5.81. The molecule has 0 saturated heterocycles. The second-order valence-corrected chi connectivity index (χ2v) is 5.06. The molecule has 0 atom stereocenters. The Labute approximate surface area is 125 Å². The Hall–Kier alpha value is -2.11. The molecule has 1 aliphatic rings. The van der Waals surface area contributed by atoms with E-state index in [-0.39, 0.29) is 11.8 Å². The molecule has 1 aromatic rings. The minimum Gasteiger partial charge on any atom is -0.356 e. The first-order valence-corrected chi connectivity index (χ1v) is 7.41. The molecule has 114 valence electrons. The Morgan fingerprint density at radius 2 is 2.00 bits per heavy atom. The van der Waals surface area contributed by atoms with E-state index in [1.165, 1.54) is 0 Å². The van der Waals surface area contributed by atoms with Crippen LogP contribution < -0.4 is 16.0 Å². The number of amides is 1. The summed E-state index contributed by atoms with van der Waals surface area (Å²) in [5, 5.41) is 9.31. The van der Waals surface area contributed by atoms with Gasteiger partial charge in [-0.25, -0.2) is 0 Å². The summed E-state index contributed by atoms with van der Waals surface area (Å²) >= 11 is 0. The maximum absolute atomic E-state index is 11.5. The van der Waals surface area contributed by atoms with Crippen molar-refractivity contribution in [2.75, 3.05) is 26.7 Å². The zero-order chi connectivity index (χ0) is 14.9. The van der Waals surface area contributed by atoms with Gasteiger partial charge in [0.15, 0.2) is 5.96 Å². The molecule has 0 aromatic carbocycles. The van der Waals surface area contributed by atoms with E-state index < -0.39 is 0 Å². The first kappa shape index (κ1) is 15.3. The normalized spacial score (nSPS) is 14.6. The lowest BCUT2D eigenvalue weighted by Crippen LogP contribution is -2.42. The Balaban J connectivity index is 1.56. The molecule has 1 saturated carbocycles. The molecule has 1 heterocycles. The molecular weight excluding hydrogens is 266 g/mol. The fourth-order valence-corrected chi connectivity index (χ4v) is 1.93. The predicted molar refractivity (Wildman–Crippen MR) is 83.0 cm³/mol. The van der Waals surface area contributed by atoms with Crippen LogP contribution in [0.4, 0.5) is 0 Å². The zero-order valence-corrected chi connectivity index (χ0v) is 12.4. The maximum atomic E-state index is 11.5. The van der Waals surface area contributed by atoms with Crippen LogP contribution in [0.1, 0.15) is 18.5 Å². The molecule has 2 rings (SSSR count). The van der Waals surface area contributed by atoms with Gasteiger partial charge in [-0.3, -0.25) is 14.8 Å². The van der Waals surface area contributed by atoms with Crippen molar-refractivity contribution < 1.29 is 4.79 Å². The monoisotopic (exact) mass is 289 g/mol. The van der Waals surface area contributed by atoms with Gasteiger partial charge >= 0.3 is 0 Å². The Bertz CT molecular complexity index is 470. The largest absolute Gasteiger partial charge is 0.356 e. The predicted octanol–water partition coefficient (Wildman–Crippen LogP) is 0.315. The Morgan fingerprint density at radius 1 is 1.24 bits per heavy atom. The SMILES string of the molecule is CN=C(NCCNC(=O)C1CC1)NCCc1ccccn1. The summed E-state index contributed by atoms with van der Waals surface area (Å²) in [7, 11) is 1.73. The third-order valence-corrected chi connectivity index (χ3v) is 3.29. The molecule has 1 aliphatic carbocycles. The van der Waals surface area contributed by atoms with Gasteiger partial charge in [-0.2, -0.15) is 0 Å². The third-order valence-electron chi connectivity index (χ3n) is 3.29. The van der Waals surface area contributed by atoms with Gasteiger partial charge < -0.3 is 16.0 Å². The van der Waals surface area contributed by atoms with Gasteiger partial charge in [-0.1, -0.05) is 6.07 Å². The van der Waals surface area contributed by atoms with Crippen molar-refractivity contribution >= 4 is 11.9 Å². The number of hydrogen-bond acceptors (Lipinski definition) is 3. The van der Waals surface area contributed by atoms with Crippen molar-refractivity contribution in [3.8, 4) is 0 Å². The van der Waals surface area contributed by atoms with Crippen LogP contribution in [-0.4, -0.2) is 43.5 Å². The molecule has 0 unspecified atom stereocenters. The second kappa shape index (κ2) is 8.24. The highest BCUT2D eigenvalue weighted by Crippen LogP contribution is 2.28. The number of carbonyl (C=O) groups excluding carboxylic acids is 1. The van der Waals surface area contributed by atoms with Crippen LogP contribution in [0, 0.1) is 5.92 Å². The van der Waals surface area contributed by atoms with Gasteiger partial charge in [-0.05, 0) is 25.0 Å². The lowest BCUT2D eigenvalue weighted by Gasteiger charge is -2.12. The van der Waals surface area contributed by atoms with Gasteiger partial charge in [0.1, 0.15) is 0 Å². The highest BCUT2D eigenvalue weighted by molar-refractivity contribution is 5.81. The van der Waals surface area contributed by atoms with Crippen molar-refractivity contribution in [3.05, 3.63) is 30.1 Å². The molecule has 6 heteroatoms. The van der Waals surface area contributed by atoms with Crippen LogP contribution >= 0.6 is 0 Å². The van der Waals surface area contributed by atoms with E-state index in [4.69, 9.17) is 0 Å². The van der Waals surface area contributed by atoms with E-state index in [0.717, 1.165) is 37.5 Å². The van der Waals surface area contributed by atoms with Gasteiger partial charge in [0.2, 0.25) is 5.91 Å². The minimum absolute atomic E-state index is 0.176. The second-order valence-electron chi connectivity index (χ2n) is 5.06. The van der Waals surface area contributed by atoms with E-state index in [0.29, 0.717) is 13.1 Å². The number of rotatable bonds is 7. The summed E-state index contributed by atoms with van der Waals surface area (Å²) in [4.78, 5) is 19.9. The van der Waals surface area contributed by atoms with E-state index in [1.807, 2.05) is 18.2 Å². The first-order chi connectivity index (χ1) is 10.3. The van der Waals surface area contributed by atoms with Crippen molar-refractivity contribution in [2.45, 2.75) is 19.3 Å². The van der Waals surface area contributed by atoms with Crippen LogP contribution in [0.2, 0.25) is 0 Å². The number of aliphatic imine (C=N–C) groups is 1. The van der Waals surface area contributed by atoms with Crippen LogP contribution in [0.15, 0.2) is 29.4 Å². The summed E-state index contributed by atoms with van der Waals surface area (Å²) in [5.41, 5.74) is 1.05. The zero-order valence-electron chi connectivity index (χ0n) is 12.4. The molecular formula is C15H23N5O. The lowest BCUT2D eigenvalue weighted by molar-refractivity contribution is -0.122. The van der Waals surface area contributed by atoms with E-state index in [2.05, 4.69) is 25.9 Å². The molecule has 1 fully saturated rings. The molecule has 0 bridgehead atoms. The maximum Gasteiger partial charge on any atom is 0.223 e. The van der Waals surface area contributed by atoms with Crippen molar-refractivity contribution in [2.24, 2.45) is 10.9 Å². The fourth-order valence-electron chi connectivity index (χ4n) is 1.93. The van der Waals surface area contributed by atoms with Crippen molar-refractivity contribution in [3.63, 3.8) is 0 Å². The average molecular weight is 289 g/mol. The van der Waals surface area contributed by atoms with Crippen molar-refractivity contribution in [1.29, 1.82) is 0 Å². The fraction of sp³-hybridized carbons (Fsp3) is 0.533. The summed E-state index contributed by atoms with van der Waals surface area (Å²) in [6, 6.07) is 5.90. The topological polar surface area (TPSA) is 78.4 Å². The van der Waals surface area contributed by atoms with Gasteiger partial charge in [0.25, 0.3) is 0 Å². The van der Waals surface area contributed by atoms with E-state index in [9.17, 15) is 4.79 Å². The van der Waals surface area contributed by atoms with Crippen LogP contribution in [0.3, 0.4) is 0 Å². The number of hydrogen-bond donors (Lipinski definition) is 3. The number of pyridine rings is 1. The molecule has 3 N–H and O–H groups in total. The summed E-state index contributed by atoms with van der Waals surface area (Å²) in [5.74, 6) is 1.18. The number of carbonyl (C=O) groups is 1. The number of aromatic nitrogens is 1. The Morgan fingerprint density at radius 3 is 2.67 bits per heavy atom. The number of nitrogens with zero attached hydrogens (tertiary/aromatic N) is 2. The highest BCUT2D eigenvalue weighted by Gasteiger charge is 2.28. The molecule has 0 spiro atoms. The molecule has 0 radical (unpaired) electrons. The van der Waals surface area contributed by atoms with E-state index in [1.54, 1.807) is 13.2 Å². The first-order valence-electron chi connectivity index (χ1n) is 7.41. The standard InChI is InChI=1S/C15H23N5O/c1-16-15(19-9-7-13-4-2-3-8-17-13)20-11-10-18-14(21)12-5-6-12/h2-4,8,12H,5-7,9-11H2,1H3,(H,18,21)(H2,16,19,20). The van der Waals surface area contributed by atoms with Gasteiger partial charge in [0, 0.05) is 50.9 Å². The lowest BCUT2D eigenvalue weighted by atomic mass is 10.3. The van der Waals surface area contributed by atoms with E-state index >= 15 is 0 Å².